The third-order valence-corrected chi connectivity index (χ3v) is 5.30. The third-order valence-electron chi connectivity index (χ3n) is 4.01. The maximum atomic E-state index is 12.4. The number of hydrogen-bond acceptors (Lipinski definition) is 4. The molecule has 0 saturated carbocycles. The molecule has 0 aliphatic carbocycles. The van der Waals surface area contributed by atoms with Crippen molar-refractivity contribution in [3.8, 4) is 0 Å². The van der Waals surface area contributed by atoms with Crippen molar-refractivity contribution in [3.05, 3.63) is 75.6 Å². The van der Waals surface area contributed by atoms with Crippen molar-refractivity contribution in [2.45, 2.75) is 6.92 Å². The summed E-state index contributed by atoms with van der Waals surface area (Å²) in [5.41, 5.74) is 5.50. The fourth-order valence-corrected chi connectivity index (χ4v) is 3.72. The molecule has 0 atom stereocenters. The van der Waals surface area contributed by atoms with Crippen LogP contribution in [-0.2, 0) is 0 Å². The van der Waals surface area contributed by atoms with E-state index in [1.165, 1.54) is 11.3 Å². The molecule has 1 amide bonds. The Morgan fingerprint density at radius 2 is 1.96 bits per heavy atom. The van der Waals surface area contributed by atoms with Crippen LogP contribution in [0, 0.1) is 6.92 Å². The van der Waals surface area contributed by atoms with Gasteiger partial charge >= 0.3 is 0 Å². The highest BCUT2D eigenvalue weighted by Gasteiger charge is 2.12. The van der Waals surface area contributed by atoms with Crippen LogP contribution >= 0.6 is 22.9 Å². The van der Waals surface area contributed by atoms with E-state index in [9.17, 15) is 4.79 Å². The van der Waals surface area contributed by atoms with Crippen molar-refractivity contribution in [2.75, 3.05) is 0 Å². The van der Waals surface area contributed by atoms with Gasteiger partial charge in [0.15, 0.2) is 0 Å². The van der Waals surface area contributed by atoms with E-state index >= 15 is 0 Å². The number of benzene rings is 2. The first-order valence-corrected chi connectivity index (χ1v) is 9.18. The van der Waals surface area contributed by atoms with Gasteiger partial charge in [0.1, 0.15) is 4.83 Å². The van der Waals surface area contributed by atoms with Crippen LogP contribution in [0.5, 0.6) is 0 Å². The number of hydrazone groups is 1. The molecular formula is C20H14ClN3OS. The molecule has 0 fully saturated rings. The summed E-state index contributed by atoms with van der Waals surface area (Å²) in [6.07, 6.45) is 1.58. The second-order valence-electron chi connectivity index (χ2n) is 5.89. The van der Waals surface area contributed by atoms with E-state index < -0.39 is 0 Å². The summed E-state index contributed by atoms with van der Waals surface area (Å²) in [5, 5.41) is 6.69. The van der Waals surface area contributed by atoms with Crippen molar-refractivity contribution in [3.63, 3.8) is 0 Å². The van der Waals surface area contributed by atoms with E-state index in [1.807, 2.05) is 43.3 Å². The van der Waals surface area contributed by atoms with E-state index in [-0.39, 0.29) is 5.91 Å². The summed E-state index contributed by atoms with van der Waals surface area (Å²) in [4.78, 5) is 18.5. The zero-order chi connectivity index (χ0) is 18.1. The molecule has 0 aliphatic rings. The van der Waals surface area contributed by atoms with Gasteiger partial charge in [-0.2, -0.15) is 5.10 Å². The average molecular weight is 380 g/mol. The first-order valence-electron chi connectivity index (χ1n) is 7.99. The Kier molecular flexibility index (Phi) is 4.41. The minimum absolute atomic E-state index is 0.251. The van der Waals surface area contributed by atoms with E-state index in [0.717, 1.165) is 32.2 Å². The zero-order valence-corrected chi connectivity index (χ0v) is 15.4. The van der Waals surface area contributed by atoms with Crippen LogP contribution in [0.2, 0.25) is 5.02 Å². The van der Waals surface area contributed by atoms with Crippen molar-refractivity contribution in [1.82, 2.24) is 10.4 Å². The van der Waals surface area contributed by atoms with Crippen LogP contribution in [0.15, 0.2) is 59.7 Å². The molecule has 2 aromatic heterocycles. The number of rotatable bonds is 3. The number of halogens is 1. The number of nitrogens with zero attached hydrogens (tertiary/aromatic N) is 2. The topological polar surface area (TPSA) is 54.4 Å². The molecule has 26 heavy (non-hydrogen) atoms. The number of amides is 1. The van der Waals surface area contributed by atoms with Gasteiger partial charge in [-0.25, -0.2) is 10.4 Å². The van der Waals surface area contributed by atoms with Crippen LogP contribution in [0.3, 0.4) is 0 Å². The quantitative estimate of drug-likeness (QED) is 0.394. The number of para-hydroxylation sites is 1. The van der Waals surface area contributed by atoms with E-state index in [1.54, 1.807) is 18.3 Å². The fraction of sp³-hybridized carbons (Fsp3) is 0.0500. The summed E-state index contributed by atoms with van der Waals surface area (Å²) in [5.74, 6) is -0.251. The Morgan fingerprint density at radius 3 is 2.77 bits per heavy atom. The average Bonchev–Trinajstić information content (AvgIpc) is 3.05. The Balaban J connectivity index is 1.57. The van der Waals surface area contributed by atoms with E-state index in [4.69, 9.17) is 16.6 Å². The Morgan fingerprint density at radius 1 is 1.15 bits per heavy atom. The fourth-order valence-electron chi connectivity index (χ4n) is 2.69. The van der Waals surface area contributed by atoms with Crippen LogP contribution < -0.4 is 5.43 Å². The van der Waals surface area contributed by atoms with Crippen molar-refractivity contribution in [1.29, 1.82) is 0 Å². The van der Waals surface area contributed by atoms with Gasteiger partial charge in [-0.3, -0.25) is 4.79 Å². The van der Waals surface area contributed by atoms with Crippen LogP contribution in [0.4, 0.5) is 0 Å². The predicted octanol–water partition coefficient (Wildman–Crippen LogP) is 5.18. The lowest BCUT2D eigenvalue weighted by atomic mass is 10.1. The number of hydrogen-bond donors (Lipinski definition) is 1. The Labute approximate surface area is 159 Å². The number of nitrogens with one attached hydrogen (secondary N) is 1. The lowest BCUT2D eigenvalue weighted by molar-refractivity contribution is 0.0959. The van der Waals surface area contributed by atoms with Gasteiger partial charge in [-0.05, 0) is 42.3 Å². The molecule has 0 saturated heterocycles. The third kappa shape index (κ3) is 3.31. The predicted molar refractivity (Wildman–Crippen MR) is 108 cm³/mol. The first kappa shape index (κ1) is 16.7. The van der Waals surface area contributed by atoms with Gasteiger partial charge in [0.25, 0.3) is 5.91 Å². The van der Waals surface area contributed by atoms with Crippen LogP contribution in [0.25, 0.3) is 21.1 Å². The molecule has 4 nitrogen and oxygen atoms in total. The first-order chi connectivity index (χ1) is 12.6. The van der Waals surface area contributed by atoms with Gasteiger partial charge in [-0.1, -0.05) is 41.9 Å². The van der Waals surface area contributed by atoms with Gasteiger partial charge in [0.2, 0.25) is 0 Å². The van der Waals surface area contributed by atoms with E-state index in [2.05, 4.69) is 16.6 Å². The standard InChI is InChI=1S/C20H14ClN3OS/c1-12-3-2-4-14-9-15-10-17(26-20(15)23-18(12)14)19(25)24-22-11-13-5-7-16(21)8-6-13/h2-11H,1H3,(H,24,25). The molecule has 0 unspecified atom stereocenters. The molecule has 0 radical (unpaired) electrons. The van der Waals surface area contributed by atoms with Gasteiger partial charge in [0, 0.05) is 15.8 Å². The molecule has 0 bridgehead atoms. The monoisotopic (exact) mass is 379 g/mol. The molecule has 0 spiro atoms. The summed E-state index contributed by atoms with van der Waals surface area (Å²) < 4.78 is 0. The van der Waals surface area contributed by atoms with Gasteiger partial charge < -0.3 is 0 Å². The lowest BCUT2D eigenvalue weighted by Crippen LogP contribution is -2.16. The van der Waals surface area contributed by atoms with Gasteiger partial charge in [0.05, 0.1) is 16.6 Å². The number of carbonyl (C=O) groups is 1. The summed E-state index contributed by atoms with van der Waals surface area (Å²) in [7, 11) is 0. The molecule has 0 aliphatic heterocycles. The van der Waals surface area contributed by atoms with Gasteiger partial charge in [-0.15, -0.1) is 11.3 Å². The molecule has 2 heterocycles. The molecule has 4 rings (SSSR count). The normalized spacial score (nSPS) is 11.5. The minimum Gasteiger partial charge on any atom is -0.266 e. The molecular weight excluding hydrogens is 366 g/mol. The molecule has 128 valence electrons. The van der Waals surface area contributed by atoms with Crippen LogP contribution in [0.1, 0.15) is 20.8 Å². The molecule has 4 aromatic rings. The molecule has 2 aromatic carbocycles. The maximum Gasteiger partial charge on any atom is 0.281 e. The summed E-state index contributed by atoms with van der Waals surface area (Å²) in [6.45, 7) is 2.04. The number of carbonyl (C=O) groups excluding carboxylic acids is 1. The molecule has 6 heteroatoms. The minimum atomic E-state index is -0.251. The number of thiophene rings is 1. The number of pyridine rings is 1. The van der Waals surface area contributed by atoms with Crippen molar-refractivity contribution >= 4 is 56.2 Å². The number of aromatic nitrogens is 1. The second kappa shape index (κ2) is 6.86. The Bertz CT molecular complexity index is 1150. The van der Waals surface area contributed by atoms with E-state index in [0.29, 0.717) is 9.90 Å². The summed E-state index contributed by atoms with van der Waals surface area (Å²) in [6, 6.07) is 17.2. The highest BCUT2D eigenvalue weighted by Crippen LogP contribution is 2.28. The highest BCUT2D eigenvalue weighted by molar-refractivity contribution is 7.20. The SMILES string of the molecule is Cc1cccc2cc3cc(C(=O)NN=Cc4ccc(Cl)cc4)sc3nc12. The molecule has 1 N–H and O–H groups in total. The largest absolute Gasteiger partial charge is 0.281 e. The van der Waals surface area contributed by atoms with Crippen LogP contribution in [-0.4, -0.2) is 17.1 Å². The smallest absolute Gasteiger partial charge is 0.266 e. The Hall–Kier alpha value is -2.76. The number of aryl methyl sites for hydroxylation is 1. The highest BCUT2D eigenvalue weighted by atomic mass is 35.5. The van der Waals surface area contributed by atoms with Crippen molar-refractivity contribution < 1.29 is 4.79 Å². The lowest BCUT2D eigenvalue weighted by Gasteiger charge is -2.00. The zero-order valence-electron chi connectivity index (χ0n) is 13.9. The summed E-state index contributed by atoms with van der Waals surface area (Å²) >= 11 is 7.21. The second-order valence-corrected chi connectivity index (χ2v) is 7.36. The van der Waals surface area contributed by atoms with Crippen molar-refractivity contribution in [2.24, 2.45) is 5.10 Å². The number of fused-ring (bicyclic) bond motifs is 2. The maximum absolute atomic E-state index is 12.4.